The van der Waals surface area contributed by atoms with Gasteiger partial charge >= 0.3 is 11.9 Å². The van der Waals surface area contributed by atoms with Crippen molar-refractivity contribution in [3.05, 3.63) is 47.7 Å². The minimum absolute atomic E-state index is 0.220. The number of aromatic nitrogens is 1. The maximum atomic E-state index is 14.1. The van der Waals surface area contributed by atoms with Gasteiger partial charge in [-0.1, -0.05) is 44.2 Å². The van der Waals surface area contributed by atoms with Gasteiger partial charge in [0.15, 0.2) is 6.10 Å². The molecule has 2 heterocycles. The summed E-state index contributed by atoms with van der Waals surface area (Å²) in [5.41, 5.74) is 15.5. The van der Waals surface area contributed by atoms with Crippen molar-refractivity contribution >= 4 is 46.6 Å². The van der Waals surface area contributed by atoms with Crippen molar-refractivity contribution in [2.75, 3.05) is 6.54 Å². The average Bonchev–Trinajstić information content (AvgIpc) is 3.05. The van der Waals surface area contributed by atoms with Crippen molar-refractivity contribution in [1.82, 2.24) is 20.7 Å². The van der Waals surface area contributed by atoms with Gasteiger partial charge in [-0.3, -0.25) is 34.0 Å². The number of ether oxygens (including phenoxy) is 2. The van der Waals surface area contributed by atoms with Crippen LogP contribution in [0.1, 0.15) is 90.4 Å². The third kappa shape index (κ3) is 8.95. The summed E-state index contributed by atoms with van der Waals surface area (Å²) in [5, 5.41) is 4.93. The number of rotatable bonds is 11. The zero-order valence-electron chi connectivity index (χ0n) is 28.4. The van der Waals surface area contributed by atoms with E-state index in [2.05, 4.69) is 15.7 Å². The summed E-state index contributed by atoms with van der Waals surface area (Å²) >= 11 is 0. The molecular weight excluding hydrogens is 616 g/mol. The third-order valence-corrected chi connectivity index (χ3v) is 8.99. The van der Waals surface area contributed by atoms with Gasteiger partial charge in [0.25, 0.3) is 11.8 Å². The topological polar surface area (TPSA) is 196 Å². The molecule has 3 amide bonds. The van der Waals surface area contributed by atoms with Crippen LogP contribution < -0.4 is 22.2 Å². The minimum atomic E-state index is -1.18. The molecule has 1 saturated carbocycles. The van der Waals surface area contributed by atoms with Gasteiger partial charge in [-0.2, -0.15) is 0 Å². The molecule has 0 radical (unpaired) electrons. The highest BCUT2D eigenvalue weighted by molar-refractivity contribution is 5.91. The highest BCUT2D eigenvalue weighted by Crippen LogP contribution is 2.41. The van der Waals surface area contributed by atoms with Crippen molar-refractivity contribution in [3.8, 4) is 0 Å². The Morgan fingerprint density at radius 1 is 1.06 bits per heavy atom. The van der Waals surface area contributed by atoms with Gasteiger partial charge in [-0.05, 0) is 76.0 Å². The first-order valence-corrected chi connectivity index (χ1v) is 16.6. The van der Waals surface area contributed by atoms with E-state index in [0.29, 0.717) is 45.1 Å². The summed E-state index contributed by atoms with van der Waals surface area (Å²) in [7, 11) is 0. The van der Waals surface area contributed by atoms with E-state index in [4.69, 9.17) is 20.9 Å². The van der Waals surface area contributed by atoms with Crippen LogP contribution >= 0.6 is 0 Å². The monoisotopic (exact) mass is 664 g/mol. The molecule has 1 aromatic carbocycles. The van der Waals surface area contributed by atoms with Gasteiger partial charge in [0.1, 0.15) is 18.2 Å². The second kappa shape index (κ2) is 15.7. The first-order valence-electron chi connectivity index (χ1n) is 16.6. The van der Waals surface area contributed by atoms with Crippen LogP contribution in [0.4, 0.5) is 0 Å². The van der Waals surface area contributed by atoms with E-state index < -0.39 is 53.2 Å². The van der Waals surface area contributed by atoms with Gasteiger partial charge in [-0.25, -0.2) is 5.43 Å². The van der Waals surface area contributed by atoms with Crippen molar-refractivity contribution in [1.29, 1.82) is 0 Å². The quantitative estimate of drug-likeness (QED) is 0.259. The largest absolute Gasteiger partial charge is 0.463 e. The summed E-state index contributed by atoms with van der Waals surface area (Å²) in [6.07, 6.45) is 4.80. The number of carbonyl (C=O) groups excluding carboxylic acids is 5. The van der Waals surface area contributed by atoms with E-state index >= 15 is 0 Å². The van der Waals surface area contributed by atoms with Gasteiger partial charge < -0.3 is 26.3 Å². The molecule has 0 spiro atoms. The minimum Gasteiger partial charge on any atom is -0.463 e. The number of fused-ring (bicyclic) bond motifs is 1. The number of nitrogens with one attached hydrogen (secondary N) is 2. The molecule has 13 heteroatoms. The van der Waals surface area contributed by atoms with Crippen LogP contribution in [-0.2, 0) is 33.4 Å². The Kier molecular flexibility index (Phi) is 11.9. The Morgan fingerprint density at radius 3 is 2.38 bits per heavy atom. The van der Waals surface area contributed by atoms with Crippen LogP contribution in [0, 0.1) is 11.3 Å². The average molecular weight is 665 g/mol. The fourth-order valence-electron chi connectivity index (χ4n) is 6.13. The molecule has 2 aliphatic rings. The normalized spacial score (nSPS) is 23.4. The molecule has 2 fully saturated rings. The maximum Gasteiger partial charge on any atom is 0.316 e. The summed E-state index contributed by atoms with van der Waals surface area (Å²) in [4.78, 5) is 68.6. The molecule has 2 aromatic rings. The Hall–Kier alpha value is -4.36. The Labute approximate surface area is 281 Å². The molecule has 13 nitrogen and oxygen atoms in total. The zero-order valence-corrected chi connectivity index (χ0v) is 28.4. The van der Waals surface area contributed by atoms with Crippen LogP contribution in [0.15, 0.2) is 36.4 Å². The lowest BCUT2D eigenvalue weighted by atomic mass is 9.72. The van der Waals surface area contributed by atoms with E-state index in [1.165, 1.54) is 18.9 Å². The fraction of sp³-hybridized carbons (Fsp3) is 0.543. The number of hydrazine groups is 1. The van der Waals surface area contributed by atoms with Crippen molar-refractivity contribution < 1.29 is 33.4 Å². The zero-order chi connectivity index (χ0) is 35.2. The number of nitrogens with zero attached hydrogens (tertiary/aromatic N) is 2. The van der Waals surface area contributed by atoms with Crippen LogP contribution in [-0.4, -0.2) is 70.5 Å². The predicted octanol–water partition coefficient (Wildman–Crippen LogP) is 2.81. The standard InChI is InChI=1S/C35H48N6O7/c1-20(2)30(32(44)38-22(4)33(45)41-18-6-7-28(40-41)31(37)43)48-34(46)35(16-13-26(14-17-35)47-23(5)42)15-12-24-8-9-25-10-11-27(21(3)36)39-29(25)19-24/h8-12,15,19-22,26,28,30,40H,6-7,13-14,16-18,36H2,1-5H3,(H2,37,43)(H,38,44). The number of pyridine rings is 1. The number of carbonyl (C=O) groups is 5. The Morgan fingerprint density at radius 2 is 1.75 bits per heavy atom. The van der Waals surface area contributed by atoms with E-state index in [-0.39, 0.29) is 18.1 Å². The number of hydrogen-bond donors (Lipinski definition) is 4. The lowest BCUT2D eigenvalue weighted by Crippen LogP contribution is -2.60. The summed E-state index contributed by atoms with van der Waals surface area (Å²) < 4.78 is 11.4. The van der Waals surface area contributed by atoms with E-state index in [1.807, 2.05) is 49.4 Å². The molecule has 4 atom stereocenters. The summed E-state index contributed by atoms with van der Waals surface area (Å²) in [6, 6.07) is 7.81. The number of nitrogens with two attached hydrogens (primary N) is 2. The van der Waals surface area contributed by atoms with Gasteiger partial charge in [0.05, 0.1) is 16.6 Å². The first-order chi connectivity index (χ1) is 22.7. The van der Waals surface area contributed by atoms with E-state index in [0.717, 1.165) is 22.2 Å². The molecule has 260 valence electrons. The van der Waals surface area contributed by atoms with Crippen LogP contribution in [0.5, 0.6) is 0 Å². The van der Waals surface area contributed by atoms with Crippen LogP contribution in [0.25, 0.3) is 17.0 Å². The number of hydrogen-bond acceptors (Lipinski definition) is 10. The predicted molar refractivity (Wildman–Crippen MR) is 179 cm³/mol. The number of benzene rings is 1. The lowest BCUT2D eigenvalue weighted by molar-refractivity contribution is -0.169. The van der Waals surface area contributed by atoms with Crippen LogP contribution in [0.2, 0.25) is 0 Å². The second-order valence-corrected chi connectivity index (χ2v) is 13.3. The lowest BCUT2D eigenvalue weighted by Gasteiger charge is -2.37. The SMILES string of the molecule is CC(=O)OC1CCC(C=Cc2ccc3ccc(C(C)N)nc3c2)(C(=O)OC(C(=O)NC(C)C(=O)N2CCCC(C(N)=O)N2)C(C)C)CC1. The smallest absolute Gasteiger partial charge is 0.316 e. The molecule has 0 bridgehead atoms. The third-order valence-electron chi connectivity index (χ3n) is 8.99. The Balaban J connectivity index is 1.53. The van der Waals surface area contributed by atoms with Crippen molar-refractivity contribution in [2.45, 2.75) is 103 Å². The maximum absolute atomic E-state index is 14.1. The molecule has 6 N–H and O–H groups in total. The van der Waals surface area contributed by atoms with Gasteiger partial charge in [0, 0.05) is 24.9 Å². The summed E-state index contributed by atoms with van der Waals surface area (Å²) in [6.45, 7) is 8.63. The molecule has 4 unspecified atom stereocenters. The number of primary amides is 1. The molecule has 1 aromatic heterocycles. The molecule has 4 rings (SSSR count). The van der Waals surface area contributed by atoms with E-state index in [9.17, 15) is 24.0 Å². The molecule has 48 heavy (non-hydrogen) atoms. The van der Waals surface area contributed by atoms with Gasteiger partial charge in [0.2, 0.25) is 5.91 Å². The highest BCUT2D eigenvalue weighted by Gasteiger charge is 2.44. The summed E-state index contributed by atoms with van der Waals surface area (Å²) in [5.74, 6) is -2.98. The van der Waals surface area contributed by atoms with Crippen LogP contribution in [0.3, 0.4) is 0 Å². The van der Waals surface area contributed by atoms with Crippen molar-refractivity contribution in [2.24, 2.45) is 22.8 Å². The van der Waals surface area contributed by atoms with E-state index in [1.54, 1.807) is 13.8 Å². The highest BCUT2D eigenvalue weighted by atomic mass is 16.6. The Bertz CT molecular complexity index is 1550. The van der Waals surface area contributed by atoms with Gasteiger partial charge in [-0.15, -0.1) is 0 Å². The second-order valence-electron chi connectivity index (χ2n) is 13.3. The van der Waals surface area contributed by atoms with Crippen molar-refractivity contribution in [3.63, 3.8) is 0 Å². The molecule has 1 aliphatic heterocycles. The molecule has 1 aliphatic carbocycles. The number of amides is 3. The number of esters is 2. The fourth-order valence-corrected chi connectivity index (χ4v) is 6.13. The first kappa shape index (κ1) is 36.5. The molecule has 1 saturated heterocycles. The molecular formula is C35H48N6O7.